The highest BCUT2D eigenvalue weighted by Crippen LogP contribution is 2.28. The van der Waals surface area contributed by atoms with E-state index < -0.39 is 21.3 Å². The number of hydrogen-bond donors (Lipinski definition) is 1. The number of carbonyl (C=O) groups excluding carboxylic acids is 1. The summed E-state index contributed by atoms with van der Waals surface area (Å²) in [5.41, 5.74) is -1.01. The van der Waals surface area contributed by atoms with Gasteiger partial charge in [-0.2, -0.15) is 0 Å². The predicted molar refractivity (Wildman–Crippen MR) is 72.6 cm³/mol. The molecule has 6 heteroatoms. The molecule has 1 saturated carbocycles. The highest BCUT2D eigenvalue weighted by Gasteiger charge is 2.50. The van der Waals surface area contributed by atoms with Crippen molar-refractivity contribution in [2.75, 3.05) is 18.6 Å². The Morgan fingerprint density at radius 2 is 1.84 bits per heavy atom. The largest absolute Gasteiger partial charge is 0.468 e. The molecule has 1 unspecified atom stereocenters. The van der Waals surface area contributed by atoms with Crippen LogP contribution in [-0.4, -0.2) is 44.6 Å². The van der Waals surface area contributed by atoms with Gasteiger partial charge in [-0.1, -0.05) is 25.7 Å². The van der Waals surface area contributed by atoms with E-state index in [4.69, 9.17) is 4.74 Å². The summed E-state index contributed by atoms with van der Waals surface area (Å²) in [4.78, 5) is 12.0. The number of carbonyl (C=O) groups is 1. The van der Waals surface area contributed by atoms with Gasteiger partial charge >= 0.3 is 5.97 Å². The third-order valence-electron chi connectivity index (χ3n) is 4.22. The van der Waals surface area contributed by atoms with Crippen molar-refractivity contribution in [1.29, 1.82) is 0 Å². The van der Waals surface area contributed by atoms with Crippen LogP contribution in [0.2, 0.25) is 0 Å². The van der Waals surface area contributed by atoms with E-state index in [1.807, 2.05) is 0 Å². The molecule has 110 valence electrons. The van der Waals surface area contributed by atoms with E-state index >= 15 is 0 Å². The summed E-state index contributed by atoms with van der Waals surface area (Å²) in [6.07, 6.45) is 7.09. The molecular formula is C13H23NO4S. The van der Waals surface area contributed by atoms with Crippen LogP contribution < -0.4 is 5.32 Å². The number of hydrogen-bond acceptors (Lipinski definition) is 5. The van der Waals surface area contributed by atoms with Crippen molar-refractivity contribution in [3.63, 3.8) is 0 Å². The number of esters is 1. The average molecular weight is 289 g/mol. The fourth-order valence-corrected chi connectivity index (χ4v) is 5.09. The van der Waals surface area contributed by atoms with Crippen LogP contribution in [0.25, 0.3) is 0 Å². The molecule has 1 N–H and O–H groups in total. The van der Waals surface area contributed by atoms with E-state index in [2.05, 4.69) is 5.32 Å². The monoisotopic (exact) mass is 289 g/mol. The molecule has 5 nitrogen and oxygen atoms in total. The SMILES string of the molecule is COC(=O)C1(NC2CCCCCC2)CCS(=O)(=O)C1. The minimum atomic E-state index is -3.13. The zero-order valence-corrected chi connectivity index (χ0v) is 12.3. The molecule has 2 aliphatic rings. The number of methoxy groups -OCH3 is 1. The van der Waals surface area contributed by atoms with E-state index in [1.54, 1.807) is 0 Å². The number of ether oxygens (including phenoxy) is 1. The van der Waals surface area contributed by atoms with Crippen LogP contribution in [0.5, 0.6) is 0 Å². The molecule has 2 fully saturated rings. The summed E-state index contributed by atoms with van der Waals surface area (Å²) in [7, 11) is -1.81. The first kappa shape index (κ1) is 14.8. The second-order valence-corrected chi connectivity index (χ2v) is 7.93. The molecule has 0 aromatic heterocycles. The second-order valence-electron chi connectivity index (χ2n) is 5.75. The molecule has 0 spiro atoms. The summed E-state index contributed by atoms with van der Waals surface area (Å²) < 4.78 is 28.3. The highest BCUT2D eigenvalue weighted by atomic mass is 32.2. The highest BCUT2D eigenvalue weighted by molar-refractivity contribution is 7.91. The van der Waals surface area contributed by atoms with Crippen LogP contribution in [0.4, 0.5) is 0 Å². The zero-order chi connectivity index (χ0) is 13.9. The van der Waals surface area contributed by atoms with Crippen molar-refractivity contribution < 1.29 is 17.9 Å². The van der Waals surface area contributed by atoms with Crippen LogP contribution in [0.15, 0.2) is 0 Å². The Bertz CT molecular complexity index is 426. The molecule has 0 aromatic rings. The van der Waals surface area contributed by atoms with E-state index in [0.717, 1.165) is 25.7 Å². The molecule has 0 radical (unpaired) electrons. The topological polar surface area (TPSA) is 72.5 Å². The zero-order valence-electron chi connectivity index (χ0n) is 11.5. The van der Waals surface area contributed by atoms with Gasteiger partial charge in [-0.05, 0) is 19.3 Å². The van der Waals surface area contributed by atoms with Crippen LogP contribution >= 0.6 is 0 Å². The summed E-state index contributed by atoms with van der Waals surface area (Å²) in [5.74, 6) is -0.483. The van der Waals surface area contributed by atoms with Gasteiger partial charge in [-0.3, -0.25) is 10.1 Å². The first-order valence-corrected chi connectivity index (χ1v) is 8.86. The van der Waals surface area contributed by atoms with Gasteiger partial charge in [0.05, 0.1) is 18.6 Å². The maximum absolute atomic E-state index is 12.0. The maximum Gasteiger partial charge on any atom is 0.327 e. The lowest BCUT2D eigenvalue weighted by molar-refractivity contribution is -0.148. The van der Waals surface area contributed by atoms with Crippen molar-refractivity contribution in [2.24, 2.45) is 0 Å². The maximum atomic E-state index is 12.0. The number of nitrogens with one attached hydrogen (secondary N) is 1. The fraction of sp³-hybridized carbons (Fsp3) is 0.923. The lowest BCUT2D eigenvalue weighted by Gasteiger charge is -2.31. The van der Waals surface area contributed by atoms with Crippen molar-refractivity contribution >= 4 is 15.8 Å². The Balaban J connectivity index is 2.12. The van der Waals surface area contributed by atoms with Crippen molar-refractivity contribution in [1.82, 2.24) is 5.32 Å². The van der Waals surface area contributed by atoms with Crippen LogP contribution in [0.3, 0.4) is 0 Å². The number of rotatable bonds is 3. The molecule has 2 rings (SSSR count). The van der Waals surface area contributed by atoms with Crippen LogP contribution in [0, 0.1) is 0 Å². The second kappa shape index (κ2) is 5.79. The Labute approximate surface area is 115 Å². The lowest BCUT2D eigenvalue weighted by atomic mass is 9.95. The van der Waals surface area contributed by atoms with Gasteiger partial charge in [0.2, 0.25) is 0 Å². The molecule has 0 aromatic carbocycles. The Hall–Kier alpha value is -0.620. The van der Waals surface area contributed by atoms with E-state index in [9.17, 15) is 13.2 Å². The fourth-order valence-electron chi connectivity index (χ4n) is 3.19. The van der Waals surface area contributed by atoms with E-state index in [-0.39, 0.29) is 17.5 Å². The minimum Gasteiger partial charge on any atom is -0.468 e. The Morgan fingerprint density at radius 1 is 1.21 bits per heavy atom. The van der Waals surface area contributed by atoms with Gasteiger partial charge in [0.1, 0.15) is 5.54 Å². The van der Waals surface area contributed by atoms with Gasteiger partial charge in [0.15, 0.2) is 9.84 Å². The lowest BCUT2D eigenvalue weighted by Crippen LogP contribution is -2.57. The minimum absolute atomic E-state index is 0.0713. The summed E-state index contributed by atoms with van der Waals surface area (Å²) in [6.45, 7) is 0. The van der Waals surface area contributed by atoms with E-state index in [0.29, 0.717) is 6.42 Å². The van der Waals surface area contributed by atoms with E-state index in [1.165, 1.54) is 20.0 Å². The smallest absolute Gasteiger partial charge is 0.327 e. The first-order chi connectivity index (χ1) is 8.97. The Morgan fingerprint density at radius 3 is 2.32 bits per heavy atom. The molecule has 0 amide bonds. The molecule has 1 atom stereocenters. The predicted octanol–water partition coefficient (Wildman–Crippen LogP) is 1.03. The summed E-state index contributed by atoms with van der Waals surface area (Å²) >= 11 is 0. The molecular weight excluding hydrogens is 266 g/mol. The van der Waals surface area contributed by atoms with Gasteiger partial charge < -0.3 is 4.74 Å². The van der Waals surface area contributed by atoms with Gasteiger partial charge in [-0.25, -0.2) is 8.42 Å². The quantitative estimate of drug-likeness (QED) is 0.620. The average Bonchev–Trinajstić information content (AvgIpc) is 2.56. The Kier molecular flexibility index (Phi) is 4.50. The molecule has 19 heavy (non-hydrogen) atoms. The standard InChI is InChI=1S/C13H23NO4S/c1-18-12(15)13(8-9-19(16,17)10-13)14-11-6-4-2-3-5-7-11/h11,14H,2-10H2,1H3. The third-order valence-corrected chi connectivity index (χ3v) is 5.98. The third kappa shape index (κ3) is 3.48. The van der Waals surface area contributed by atoms with Crippen molar-refractivity contribution in [3.05, 3.63) is 0 Å². The van der Waals surface area contributed by atoms with Crippen LogP contribution in [0.1, 0.15) is 44.9 Å². The summed E-state index contributed by atoms with van der Waals surface area (Å²) in [6, 6.07) is 0.231. The summed E-state index contributed by atoms with van der Waals surface area (Å²) in [5, 5.41) is 3.32. The van der Waals surface area contributed by atoms with Crippen LogP contribution in [-0.2, 0) is 19.4 Å². The molecule has 1 aliphatic heterocycles. The first-order valence-electron chi connectivity index (χ1n) is 7.04. The van der Waals surface area contributed by atoms with Gasteiger partial charge in [0, 0.05) is 6.04 Å². The van der Waals surface area contributed by atoms with Gasteiger partial charge in [0.25, 0.3) is 0 Å². The molecule has 1 aliphatic carbocycles. The normalized spacial score (nSPS) is 31.8. The van der Waals surface area contributed by atoms with Gasteiger partial charge in [-0.15, -0.1) is 0 Å². The molecule has 1 heterocycles. The molecule has 1 saturated heterocycles. The van der Waals surface area contributed by atoms with Crippen molar-refractivity contribution in [2.45, 2.75) is 56.5 Å². The molecule has 0 bridgehead atoms. The van der Waals surface area contributed by atoms with Crippen molar-refractivity contribution in [3.8, 4) is 0 Å². The number of sulfone groups is 1.